The van der Waals surface area contributed by atoms with Crippen molar-refractivity contribution in [3.63, 3.8) is 0 Å². The van der Waals surface area contributed by atoms with Crippen LogP contribution in [0.25, 0.3) is 17.0 Å². The summed E-state index contributed by atoms with van der Waals surface area (Å²) >= 11 is 0. The Kier molecular flexibility index (Phi) is 4.72. The number of rotatable bonds is 5. The molecular weight excluding hydrogens is 359 g/mol. The zero-order valence-corrected chi connectivity index (χ0v) is 15.1. The highest BCUT2D eigenvalue weighted by atomic mass is 19.1. The Morgan fingerprint density at radius 3 is 2.86 bits per heavy atom. The predicted octanol–water partition coefficient (Wildman–Crippen LogP) is 3.86. The molecule has 2 aromatic carbocycles. The van der Waals surface area contributed by atoms with E-state index >= 15 is 0 Å². The van der Waals surface area contributed by atoms with E-state index in [1.807, 2.05) is 41.8 Å². The van der Waals surface area contributed by atoms with Crippen molar-refractivity contribution in [3.8, 4) is 17.0 Å². The van der Waals surface area contributed by atoms with Crippen LogP contribution >= 0.6 is 0 Å². The highest BCUT2D eigenvalue weighted by molar-refractivity contribution is 5.92. The average Bonchev–Trinajstić information content (AvgIpc) is 3.05. The summed E-state index contributed by atoms with van der Waals surface area (Å²) in [7, 11) is 0. The van der Waals surface area contributed by atoms with Gasteiger partial charge in [0.15, 0.2) is 18.2 Å². The van der Waals surface area contributed by atoms with Gasteiger partial charge >= 0.3 is 0 Å². The number of fused-ring (bicyclic) bond motifs is 1. The van der Waals surface area contributed by atoms with Crippen molar-refractivity contribution in [1.82, 2.24) is 14.4 Å². The van der Waals surface area contributed by atoms with Crippen LogP contribution in [0.1, 0.15) is 5.69 Å². The van der Waals surface area contributed by atoms with Gasteiger partial charge in [0, 0.05) is 29.3 Å². The van der Waals surface area contributed by atoms with Gasteiger partial charge < -0.3 is 10.1 Å². The van der Waals surface area contributed by atoms with Crippen molar-refractivity contribution in [3.05, 3.63) is 78.5 Å². The molecule has 0 saturated carbocycles. The number of aromatic nitrogens is 3. The van der Waals surface area contributed by atoms with E-state index in [0.29, 0.717) is 11.5 Å². The molecule has 0 atom stereocenters. The molecule has 0 radical (unpaired) electrons. The van der Waals surface area contributed by atoms with E-state index in [4.69, 9.17) is 4.74 Å². The molecule has 0 spiro atoms. The lowest BCUT2D eigenvalue weighted by atomic mass is 10.1. The minimum atomic E-state index is -0.506. The lowest BCUT2D eigenvalue weighted by Crippen LogP contribution is -2.20. The van der Waals surface area contributed by atoms with Gasteiger partial charge in [-0.05, 0) is 37.3 Å². The van der Waals surface area contributed by atoms with Crippen LogP contribution in [0, 0.1) is 12.7 Å². The highest BCUT2D eigenvalue weighted by Crippen LogP contribution is 2.25. The topological polar surface area (TPSA) is 68.5 Å². The molecule has 28 heavy (non-hydrogen) atoms. The molecule has 140 valence electrons. The van der Waals surface area contributed by atoms with Gasteiger partial charge in [0.25, 0.3) is 5.91 Å². The SMILES string of the molecule is Cc1c(-c2cccc(NC(=O)COc3ccccc3F)c2)nc2ncccn12. The number of aryl methyl sites for hydroxylation is 1. The molecule has 2 heterocycles. The van der Waals surface area contributed by atoms with Gasteiger partial charge in [-0.3, -0.25) is 9.20 Å². The molecule has 0 aliphatic rings. The van der Waals surface area contributed by atoms with Crippen molar-refractivity contribution < 1.29 is 13.9 Å². The number of hydrogen-bond donors (Lipinski definition) is 1. The highest BCUT2D eigenvalue weighted by Gasteiger charge is 2.12. The molecule has 2 aromatic heterocycles. The number of nitrogens with one attached hydrogen (secondary N) is 1. The summed E-state index contributed by atoms with van der Waals surface area (Å²) < 4.78 is 20.7. The molecule has 1 amide bonds. The van der Waals surface area contributed by atoms with Crippen LogP contribution in [0.5, 0.6) is 5.75 Å². The van der Waals surface area contributed by atoms with E-state index in [2.05, 4.69) is 15.3 Å². The molecule has 0 bridgehead atoms. The van der Waals surface area contributed by atoms with E-state index in [1.54, 1.807) is 24.4 Å². The van der Waals surface area contributed by atoms with E-state index in [-0.39, 0.29) is 18.3 Å². The lowest BCUT2D eigenvalue weighted by Gasteiger charge is -2.09. The summed E-state index contributed by atoms with van der Waals surface area (Å²) in [5.41, 5.74) is 3.20. The molecule has 0 fully saturated rings. The van der Waals surface area contributed by atoms with Gasteiger partial charge in [-0.1, -0.05) is 24.3 Å². The number of carbonyl (C=O) groups excluding carboxylic acids is 1. The molecule has 6 nitrogen and oxygen atoms in total. The van der Waals surface area contributed by atoms with Gasteiger partial charge in [0.1, 0.15) is 0 Å². The standard InChI is InChI=1S/C21H17FN4O2/c1-14-20(25-21-23-10-5-11-26(14)21)15-6-4-7-16(12-15)24-19(27)13-28-18-9-3-2-8-17(18)22/h2-12H,13H2,1H3,(H,24,27). The summed E-state index contributed by atoms with van der Waals surface area (Å²) in [6.45, 7) is 1.67. The first-order chi connectivity index (χ1) is 13.6. The predicted molar refractivity (Wildman–Crippen MR) is 104 cm³/mol. The Bertz CT molecular complexity index is 1160. The molecule has 4 rings (SSSR count). The van der Waals surface area contributed by atoms with Crippen molar-refractivity contribution in [2.24, 2.45) is 0 Å². The van der Waals surface area contributed by atoms with Crippen LogP contribution in [-0.2, 0) is 4.79 Å². The summed E-state index contributed by atoms with van der Waals surface area (Å²) in [5.74, 6) is -0.232. The first-order valence-corrected chi connectivity index (χ1v) is 8.69. The van der Waals surface area contributed by atoms with Crippen molar-refractivity contribution in [1.29, 1.82) is 0 Å². The molecule has 0 aliphatic heterocycles. The van der Waals surface area contributed by atoms with Crippen LogP contribution in [-0.4, -0.2) is 26.9 Å². The van der Waals surface area contributed by atoms with Crippen LogP contribution < -0.4 is 10.1 Å². The third kappa shape index (κ3) is 3.55. The Morgan fingerprint density at radius 2 is 2.04 bits per heavy atom. The van der Waals surface area contributed by atoms with Crippen molar-refractivity contribution >= 4 is 17.4 Å². The monoisotopic (exact) mass is 376 g/mol. The second kappa shape index (κ2) is 7.48. The molecule has 0 unspecified atom stereocenters. The fourth-order valence-corrected chi connectivity index (χ4v) is 2.92. The first-order valence-electron chi connectivity index (χ1n) is 8.69. The maximum atomic E-state index is 13.6. The normalized spacial score (nSPS) is 10.8. The lowest BCUT2D eigenvalue weighted by molar-refractivity contribution is -0.118. The van der Waals surface area contributed by atoms with E-state index in [0.717, 1.165) is 17.0 Å². The third-order valence-electron chi connectivity index (χ3n) is 4.26. The van der Waals surface area contributed by atoms with E-state index in [1.165, 1.54) is 12.1 Å². The number of halogens is 1. The Hall–Kier alpha value is -3.74. The Labute approximate surface area is 160 Å². The van der Waals surface area contributed by atoms with Crippen LogP contribution in [0.3, 0.4) is 0 Å². The maximum Gasteiger partial charge on any atom is 0.262 e. The number of imidazole rings is 1. The summed E-state index contributed by atoms with van der Waals surface area (Å²) in [6, 6.07) is 15.2. The average molecular weight is 376 g/mol. The number of carbonyl (C=O) groups is 1. The fraction of sp³-hybridized carbons (Fsp3) is 0.0952. The Morgan fingerprint density at radius 1 is 1.18 bits per heavy atom. The summed E-state index contributed by atoms with van der Waals surface area (Å²) in [4.78, 5) is 21.0. The zero-order chi connectivity index (χ0) is 19.5. The number of benzene rings is 2. The molecule has 1 N–H and O–H groups in total. The van der Waals surface area contributed by atoms with Crippen LogP contribution in [0.4, 0.5) is 10.1 Å². The number of para-hydroxylation sites is 1. The third-order valence-corrected chi connectivity index (χ3v) is 4.26. The number of ether oxygens (including phenoxy) is 1. The second-order valence-electron chi connectivity index (χ2n) is 6.18. The van der Waals surface area contributed by atoms with Crippen LogP contribution in [0.2, 0.25) is 0 Å². The minimum Gasteiger partial charge on any atom is -0.481 e. The number of nitrogens with zero attached hydrogens (tertiary/aromatic N) is 3. The molecule has 0 saturated heterocycles. The van der Waals surface area contributed by atoms with Gasteiger partial charge in [-0.2, -0.15) is 0 Å². The molecular formula is C21H17FN4O2. The first kappa shape index (κ1) is 17.7. The fourth-order valence-electron chi connectivity index (χ4n) is 2.92. The van der Waals surface area contributed by atoms with Crippen molar-refractivity contribution in [2.45, 2.75) is 6.92 Å². The van der Waals surface area contributed by atoms with E-state index in [9.17, 15) is 9.18 Å². The van der Waals surface area contributed by atoms with Gasteiger partial charge in [0.2, 0.25) is 5.78 Å². The zero-order valence-electron chi connectivity index (χ0n) is 15.1. The van der Waals surface area contributed by atoms with Crippen LogP contribution in [0.15, 0.2) is 67.0 Å². The van der Waals surface area contributed by atoms with Gasteiger partial charge in [0.05, 0.1) is 5.69 Å². The quantitative estimate of drug-likeness (QED) is 0.574. The van der Waals surface area contributed by atoms with Crippen molar-refractivity contribution in [2.75, 3.05) is 11.9 Å². The number of hydrogen-bond acceptors (Lipinski definition) is 4. The number of amides is 1. The summed E-state index contributed by atoms with van der Waals surface area (Å²) in [5, 5.41) is 2.76. The molecule has 7 heteroatoms. The second-order valence-corrected chi connectivity index (χ2v) is 6.18. The minimum absolute atomic E-state index is 0.0409. The molecule has 4 aromatic rings. The Balaban J connectivity index is 1.50. The van der Waals surface area contributed by atoms with E-state index < -0.39 is 5.82 Å². The van der Waals surface area contributed by atoms with Gasteiger partial charge in [-0.25, -0.2) is 14.4 Å². The summed E-state index contributed by atoms with van der Waals surface area (Å²) in [6.07, 6.45) is 3.59. The number of anilines is 1. The van der Waals surface area contributed by atoms with Gasteiger partial charge in [-0.15, -0.1) is 0 Å². The smallest absolute Gasteiger partial charge is 0.262 e. The maximum absolute atomic E-state index is 13.6. The largest absolute Gasteiger partial charge is 0.481 e. The molecule has 0 aliphatic carbocycles.